The minimum absolute atomic E-state index is 0.0899. The van der Waals surface area contributed by atoms with E-state index < -0.39 is 16.0 Å². The molecule has 1 aliphatic rings. The van der Waals surface area contributed by atoms with Crippen molar-refractivity contribution in [1.82, 2.24) is 13.9 Å². The number of esters is 1. The Morgan fingerprint density at radius 2 is 1.97 bits per heavy atom. The molecule has 0 spiro atoms. The van der Waals surface area contributed by atoms with Crippen molar-refractivity contribution in [2.24, 2.45) is 0 Å². The molecule has 33 heavy (non-hydrogen) atoms. The van der Waals surface area contributed by atoms with E-state index in [2.05, 4.69) is 4.98 Å². The van der Waals surface area contributed by atoms with Crippen LogP contribution in [0.25, 0.3) is 11.0 Å². The van der Waals surface area contributed by atoms with Gasteiger partial charge in [-0.05, 0) is 43.2 Å². The van der Waals surface area contributed by atoms with Gasteiger partial charge in [0.2, 0.25) is 10.0 Å². The minimum Gasteiger partial charge on any atom is -0.507 e. The van der Waals surface area contributed by atoms with E-state index in [1.807, 2.05) is 11.5 Å². The molecule has 1 fully saturated rings. The maximum Gasteiger partial charge on any atom is 0.342 e. The number of hydrogen-bond acceptors (Lipinski definition) is 7. The van der Waals surface area contributed by atoms with Crippen molar-refractivity contribution >= 4 is 27.0 Å². The Balaban J connectivity index is 1.62. The molecule has 176 valence electrons. The van der Waals surface area contributed by atoms with Gasteiger partial charge < -0.3 is 19.1 Å². The fraction of sp³-hybridized carbons (Fsp3) is 0.391. The molecular formula is C23H27N3O6S. The van der Waals surface area contributed by atoms with Crippen molar-refractivity contribution in [3.05, 3.63) is 53.3 Å². The molecule has 1 aliphatic heterocycles. The molecule has 10 heteroatoms. The van der Waals surface area contributed by atoms with Crippen molar-refractivity contribution in [3.8, 4) is 5.75 Å². The highest BCUT2D eigenvalue weighted by Crippen LogP contribution is 2.26. The maximum absolute atomic E-state index is 13.0. The van der Waals surface area contributed by atoms with Crippen molar-refractivity contribution in [1.29, 1.82) is 0 Å². The number of nitrogens with zero attached hydrogens (tertiary/aromatic N) is 3. The summed E-state index contributed by atoms with van der Waals surface area (Å²) in [4.78, 5) is 17.3. The van der Waals surface area contributed by atoms with Crippen LogP contribution in [0.3, 0.4) is 0 Å². The lowest BCUT2D eigenvalue weighted by molar-refractivity contribution is 0.0455. The lowest BCUT2D eigenvalue weighted by atomic mass is 10.1. The second kappa shape index (κ2) is 9.50. The summed E-state index contributed by atoms with van der Waals surface area (Å²) in [6.07, 6.45) is 0.818. The van der Waals surface area contributed by atoms with Crippen LogP contribution in [0.2, 0.25) is 0 Å². The monoisotopic (exact) mass is 473 g/mol. The molecule has 9 nitrogen and oxygen atoms in total. The topological polar surface area (TPSA) is 111 Å². The Hall–Kier alpha value is -2.95. The number of hydrogen-bond donors (Lipinski definition) is 1. The van der Waals surface area contributed by atoms with Gasteiger partial charge >= 0.3 is 5.97 Å². The number of para-hydroxylation sites is 1. The number of aromatic nitrogens is 2. The Kier molecular flexibility index (Phi) is 6.68. The zero-order chi connectivity index (χ0) is 23.6. The van der Waals surface area contributed by atoms with Crippen LogP contribution in [-0.4, -0.2) is 59.7 Å². The van der Waals surface area contributed by atoms with E-state index >= 15 is 0 Å². The van der Waals surface area contributed by atoms with Crippen LogP contribution in [0.4, 0.5) is 0 Å². The van der Waals surface area contributed by atoms with Crippen molar-refractivity contribution in [3.63, 3.8) is 0 Å². The third-order valence-corrected chi connectivity index (χ3v) is 7.54. The molecule has 0 saturated carbocycles. The third-order valence-electron chi connectivity index (χ3n) is 5.64. The van der Waals surface area contributed by atoms with E-state index in [0.717, 1.165) is 11.9 Å². The highest BCUT2D eigenvalue weighted by Gasteiger charge is 2.27. The van der Waals surface area contributed by atoms with Gasteiger partial charge in [-0.15, -0.1) is 0 Å². The summed E-state index contributed by atoms with van der Waals surface area (Å²) in [5.74, 6) is -0.252. The van der Waals surface area contributed by atoms with Crippen LogP contribution in [0.5, 0.6) is 5.75 Å². The normalized spacial score (nSPS) is 15.1. The number of sulfonamides is 1. The van der Waals surface area contributed by atoms with Gasteiger partial charge in [0, 0.05) is 19.6 Å². The number of rotatable bonds is 7. The molecule has 3 aromatic rings. The number of phenolic OH excluding ortho intramolecular Hbond substituents is 1. The summed E-state index contributed by atoms with van der Waals surface area (Å²) in [5, 5.41) is 10.1. The quantitative estimate of drug-likeness (QED) is 0.525. The molecular weight excluding hydrogens is 446 g/mol. The van der Waals surface area contributed by atoms with Crippen LogP contribution >= 0.6 is 0 Å². The number of carbonyl (C=O) groups excluding carboxylic acids is 1. The molecule has 0 aliphatic carbocycles. The molecule has 2 aromatic carbocycles. The van der Waals surface area contributed by atoms with Crippen LogP contribution in [-0.2, 0) is 32.6 Å². The number of carbonyl (C=O) groups is 1. The fourth-order valence-corrected chi connectivity index (χ4v) is 5.30. The molecule has 1 aromatic heterocycles. The van der Waals surface area contributed by atoms with Gasteiger partial charge in [0.1, 0.15) is 23.7 Å². The van der Waals surface area contributed by atoms with Crippen molar-refractivity contribution < 1.29 is 27.8 Å². The first-order chi connectivity index (χ1) is 15.8. The van der Waals surface area contributed by atoms with E-state index in [-0.39, 0.29) is 22.8 Å². The summed E-state index contributed by atoms with van der Waals surface area (Å²) in [6, 6.07) is 9.76. The Labute approximate surface area is 192 Å². The predicted octanol–water partition coefficient (Wildman–Crippen LogP) is 2.84. The van der Waals surface area contributed by atoms with Gasteiger partial charge in [-0.3, -0.25) is 0 Å². The van der Waals surface area contributed by atoms with Gasteiger partial charge in [0.25, 0.3) is 0 Å². The van der Waals surface area contributed by atoms with E-state index in [0.29, 0.717) is 49.8 Å². The number of ether oxygens (including phenoxy) is 2. The summed E-state index contributed by atoms with van der Waals surface area (Å²) in [5.41, 5.74) is 1.95. The Morgan fingerprint density at radius 3 is 2.70 bits per heavy atom. The largest absolute Gasteiger partial charge is 0.507 e. The molecule has 0 unspecified atom stereocenters. The third kappa shape index (κ3) is 4.59. The van der Waals surface area contributed by atoms with Crippen LogP contribution in [0.1, 0.15) is 35.1 Å². The van der Waals surface area contributed by atoms with Crippen molar-refractivity contribution in [2.45, 2.75) is 38.3 Å². The van der Waals surface area contributed by atoms with Gasteiger partial charge in [0.05, 0.1) is 29.1 Å². The number of aryl methyl sites for hydroxylation is 2. The first-order valence-corrected chi connectivity index (χ1v) is 12.3. The van der Waals surface area contributed by atoms with Gasteiger partial charge in [-0.2, -0.15) is 4.31 Å². The summed E-state index contributed by atoms with van der Waals surface area (Å²) < 4.78 is 40.1. The average molecular weight is 474 g/mol. The van der Waals surface area contributed by atoms with E-state index in [9.17, 15) is 18.3 Å². The van der Waals surface area contributed by atoms with Crippen LogP contribution < -0.4 is 0 Å². The molecule has 1 saturated heterocycles. The number of phenols is 1. The van der Waals surface area contributed by atoms with E-state index in [1.54, 1.807) is 37.3 Å². The predicted molar refractivity (Wildman–Crippen MR) is 122 cm³/mol. The van der Waals surface area contributed by atoms with Gasteiger partial charge in [0.15, 0.2) is 0 Å². The number of imidazole rings is 1. The lowest BCUT2D eigenvalue weighted by Gasteiger charge is -2.26. The minimum atomic E-state index is -3.65. The number of morpholine rings is 1. The zero-order valence-corrected chi connectivity index (χ0v) is 19.5. The van der Waals surface area contributed by atoms with Crippen LogP contribution in [0.15, 0.2) is 41.3 Å². The first kappa shape index (κ1) is 23.2. The SMILES string of the molecule is CCCn1c(COC(=O)c2cccc(C)c2O)nc2cc(S(=O)(=O)N3CCOCC3)ccc21. The fourth-order valence-electron chi connectivity index (χ4n) is 3.87. The molecule has 0 amide bonds. The van der Waals surface area contributed by atoms with E-state index in [4.69, 9.17) is 9.47 Å². The molecule has 1 N–H and O–H groups in total. The van der Waals surface area contributed by atoms with E-state index in [1.165, 1.54) is 10.4 Å². The number of aromatic hydroxyl groups is 1. The Morgan fingerprint density at radius 1 is 1.21 bits per heavy atom. The molecule has 0 atom stereocenters. The van der Waals surface area contributed by atoms with Gasteiger partial charge in [-0.25, -0.2) is 18.2 Å². The second-order valence-electron chi connectivity index (χ2n) is 7.89. The molecule has 4 rings (SSSR count). The zero-order valence-electron chi connectivity index (χ0n) is 18.7. The number of fused-ring (bicyclic) bond motifs is 1. The maximum atomic E-state index is 13.0. The second-order valence-corrected chi connectivity index (χ2v) is 9.83. The molecule has 2 heterocycles. The van der Waals surface area contributed by atoms with Crippen molar-refractivity contribution in [2.75, 3.05) is 26.3 Å². The molecule has 0 bridgehead atoms. The summed E-state index contributed by atoms with van der Waals surface area (Å²) in [6.45, 7) is 5.63. The average Bonchev–Trinajstić information content (AvgIpc) is 3.16. The number of benzene rings is 2. The summed E-state index contributed by atoms with van der Waals surface area (Å²) >= 11 is 0. The van der Waals surface area contributed by atoms with Gasteiger partial charge in [-0.1, -0.05) is 19.1 Å². The highest BCUT2D eigenvalue weighted by molar-refractivity contribution is 7.89. The molecule has 0 radical (unpaired) electrons. The Bertz CT molecular complexity index is 1280. The lowest BCUT2D eigenvalue weighted by Crippen LogP contribution is -2.40. The standard InChI is InChI=1S/C23H27N3O6S/c1-3-9-26-20-8-7-17(33(29,30)25-10-12-31-13-11-25)14-19(20)24-21(26)15-32-23(28)18-6-4-5-16(2)22(18)27/h4-8,14,27H,3,9-13,15H2,1-2H3. The first-order valence-electron chi connectivity index (χ1n) is 10.9. The highest BCUT2D eigenvalue weighted by atomic mass is 32.2. The smallest absolute Gasteiger partial charge is 0.342 e. The summed E-state index contributed by atoms with van der Waals surface area (Å²) in [7, 11) is -3.65. The van der Waals surface area contributed by atoms with Crippen LogP contribution in [0, 0.1) is 6.92 Å².